The van der Waals surface area contributed by atoms with E-state index in [0.29, 0.717) is 31.3 Å². The summed E-state index contributed by atoms with van der Waals surface area (Å²) in [5.41, 5.74) is 0.908. The predicted molar refractivity (Wildman–Crippen MR) is 91.0 cm³/mol. The Balaban J connectivity index is 1.33. The van der Waals surface area contributed by atoms with Crippen LogP contribution in [0, 0.1) is 0 Å². The molecule has 0 spiro atoms. The van der Waals surface area contributed by atoms with E-state index in [4.69, 9.17) is 9.26 Å². The van der Waals surface area contributed by atoms with Gasteiger partial charge in [0.25, 0.3) is 5.89 Å². The first-order valence-corrected chi connectivity index (χ1v) is 8.83. The summed E-state index contributed by atoms with van der Waals surface area (Å²) in [6.07, 6.45) is 3.11. The normalized spacial score (nSPS) is 23.1. The van der Waals surface area contributed by atoms with Crippen LogP contribution in [0.1, 0.15) is 31.0 Å². The Kier molecular flexibility index (Phi) is 4.65. The highest BCUT2D eigenvalue weighted by Crippen LogP contribution is 2.27. The van der Waals surface area contributed by atoms with E-state index in [0.717, 1.165) is 31.4 Å². The molecule has 2 aliphatic heterocycles. The molecule has 132 valence electrons. The molecule has 0 saturated carbocycles. The molecule has 2 saturated heterocycles. The van der Waals surface area contributed by atoms with E-state index in [9.17, 15) is 4.79 Å². The molecule has 7 heteroatoms. The van der Waals surface area contributed by atoms with Crippen molar-refractivity contribution < 1.29 is 14.1 Å². The van der Waals surface area contributed by atoms with Gasteiger partial charge >= 0.3 is 6.03 Å². The summed E-state index contributed by atoms with van der Waals surface area (Å²) in [6.45, 7) is 2.70. The molecule has 1 aromatic heterocycles. The first-order valence-electron chi connectivity index (χ1n) is 8.83. The lowest BCUT2D eigenvalue weighted by molar-refractivity contribution is 0.109. The van der Waals surface area contributed by atoms with Crippen LogP contribution in [0.3, 0.4) is 0 Å². The highest BCUT2D eigenvalue weighted by molar-refractivity contribution is 5.74. The topological polar surface area (TPSA) is 80.5 Å². The van der Waals surface area contributed by atoms with Gasteiger partial charge in [0.1, 0.15) is 0 Å². The summed E-state index contributed by atoms with van der Waals surface area (Å²) in [5, 5.41) is 7.08. The SMILES string of the molecule is O=C(NC[C@@H]1CCCO1)N1CC[C@H](c2noc(-c3ccccc3)n2)C1. The van der Waals surface area contributed by atoms with E-state index in [2.05, 4.69) is 15.5 Å². The van der Waals surface area contributed by atoms with Gasteiger partial charge in [0, 0.05) is 37.7 Å². The summed E-state index contributed by atoms with van der Waals surface area (Å²) in [6, 6.07) is 9.67. The summed E-state index contributed by atoms with van der Waals surface area (Å²) in [7, 11) is 0. The lowest BCUT2D eigenvalue weighted by Gasteiger charge is -2.18. The number of carbonyl (C=O) groups excluding carboxylic acids is 1. The van der Waals surface area contributed by atoms with Gasteiger partial charge in [0.05, 0.1) is 6.10 Å². The fourth-order valence-corrected chi connectivity index (χ4v) is 3.37. The minimum atomic E-state index is -0.0372. The Bertz CT molecular complexity index is 712. The summed E-state index contributed by atoms with van der Waals surface area (Å²) in [4.78, 5) is 18.6. The number of benzene rings is 1. The van der Waals surface area contributed by atoms with E-state index >= 15 is 0 Å². The van der Waals surface area contributed by atoms with Crippen LogP contribution < -0.4 is 5.32 Å². The zero-order valence-electron chi connectivity index (χ0n) is 14.1. The predicted octanol–water partition coefficient (Wildman–Crippen LogP) is 2.41. The Morgan fingerprint density at radius 2 is 2.16 bits per heavy atom. The van der Waals surface area contributed by atoms with Crippen LogP contribution >= 0.6 is 0 Å². The standard InChI is InChI=1S/C18H22N4O3/c23-18(19-11-15-7-4-10-24-15)22-9-8-14(12-22)16-20-17(25-21-16)13-5-2-1-3-6-13/h1-3,5-6,14-15H,4,7-12H2,(H,19,23)/t14-,15-/m0/s1. The minimum Gasteiger partial charge on any atom is -0.376 e. The summed E-state index contributed by atoms with van der Waals surface area (Å²) in [5.74, 6) is 1.32. The molecule has 0 radical (unpaired) electrons. The van der Waals surface area contributed by atoms with Crippen LogP contribution in [-0.4, -0.2) is 53.4 Å². The molecule has 25 heavy (non-hydrogen) atoms. The molecule has 2 aromatic rings. The van der Waals surface area contributed by atoms with Crippen molar-refractivity contribution in [2.75, 3.05) is 26.2 Å². The van der Waals surface area contributed by atoms with Crippen molar-refractivity contribution >= 4 is 6.03 Å². The third-order valence-electron chi connectivity index (χ3n) is 4.81. The van der Waals surface area contributed by atoms with Crippen molar-refractivity contribution in [3.63, 3.8) is 0 Å². The van der Waals surface area contributed by atoms with Crippen LogP contribution in [0.5, 0.6) is 0 Å². The van der Waals surface area contributed by atoms with Crippen LogP contribution in [0.15, 0.2) is 34.9 Å². The number of nitrogens with zero attached hydrogens (tertiary/aromatic N) is 3. The number of amides is 2. The zero-order chi connectivity index (χ0) is 17.1. The van der Waals surface area contributed by atoms with E-state index < -0.39 is 0 Å². The molecule has 2 fully saturated rings. The second-order valence-electron chi connectivity index (χ2n) is 6.58. The first-order chi connectivity index (χ1) is 12.3. The van der Waals surface area contributed by atoms with Gasteiger partial charge in [0.15, 0.2) is 5.82 Å². The van der Waals surface area contributed by atoms with E-state index in [1.165, 1.54) is 0 Å². The number of hydrogen-bond donors (Lipinski definition) is 1. The Hall–Kier alpha value is -2.41. The Labute approximate surface area is 146 Å². The third kappa shape index (κ3) is 3.66. The Morgan fingerprint density at radius 1 is 1.28 bits per heavy atom. The largest absolute Gasteiger partial charge is 0.376 e. The maximum atomic E-state index is 12.3. The van der Waals surface area contributed by atoms with Gasteiger partial charge in [-0.25, -0.2) is 4.79 Å². The van der Waals surface area contributed by atoms with Crippen molar-refractivity contribution in [1.82, 2.24) is 20.4 Å². The maximum absolute atomic E-state index is 12.3. The molecule has 1 aromatic carbocycles. The molecule has 4 rings (SSSR count). The van der Waals surface area contributed by atoms with Crippen LogP contribution in [0.4, 0.5) is 4.79 Å². The molecule has 2 amide bonds. The van der Waals surface area contributed by atoms with Gasteiger partial charge < -0.3 is 19.5 Å². The van der Waals surface area contributed by atoms with E-state index in [1.54, 1.807) is 0 Å². The molecule has 7 nitrogen and oxygen atoms in total. The number of rotatable bonds is 4. The van der Waals surface area contributed by atoms with Crippen molar-refractivity contribution in [3.05, 3.63) is 36.2 Å². The molecular weight excluding hydrogens is 320 g/mol. The number of nitrogens with one attached hydrogen (secondary N) is 1. The number of ether oxygens (including phenoxy) is 1. The second-order valence-corrected chi connectivity index (χ2v) is 6.58. The van der Waals surface area contributed by atoms with Gasteiger partial charge in [-0.1, -0.05) is 23.4 Å². The summed E-state index contributed by atoms with van der Waals surface area (Å²) < 4.78 is 10.9. The van der Waals surface area contributed by atoms with Crippen molar-refractivity contribution in [3.8, 4) is 11.5 Å². The highest BCUT2D eigenvalue weighted by atomic mass is 16.5. The lowest BCUT2D eigenvalue weighted by atomic mass is 10.1. The smallest absolute Gasteiger partial charge is 0.317 e. The molecule has 2 aliphatic rings. The van der Waals surface area contributed by atoms with Crippen LogP contribution in [0.2, 0.25) is 0 Å². The van der Waals surface area contributed by atoms with Crippen molar-refractivity contribution in [1.29, 1.82) is 0 Å². The summed E-state index contributed by atoms with van der Waals surface area (Å²) >= 11 is 0. The van der Waals surface area contributed by atoms with Gasteiger partial charge in [-0.05, 0) is 31.4 Å². The minimum absolute atomic E-state index is 0.0372. The second kappa shape index (κ2) is 7.23. The molecular formula is C18H22N4O3. The number of carbonyl (C=O) groups is 1. The van der Waals surface area contributed by atoms with E-state index in [-0.39, 0.29) is 18.1 Å². The average Bonchev–Trinajstić information content (AvgIpc) is 3.41. The fraction of sp³-hybridized carbons (Fsp3) is 0.500. The van der Waals surface area contributed by atoms with Crippen LogP contribution in [-0.2, 0) is 4.74 Å². The highest BCUT2D eigenvalue weighted by Gasteiger charge is 2.31. The van der Waals surface area contributed by atoms with Crippen LogP contribution in [0.25, 0.3) is 11.5 Å². The molecule has 0 unspecified atom stereocenters. The number of aromatic nitrogens is 2. The molecule has 0 aliphatic carbocycles. The number of hydrogen-bond acceptors (Lipinski definition) is 5. The quantitative estimate of drug-likeness (QED) is 0.923. The van der Waals surface area contributed by atoms with Crippen molar-refractivity contribution in [2.45, 2.75) is 31.3 Å². The Morgan fingerprint density at radius 3 is 2.96 bits per heavy atom. The molecule has 3 heterocycles. The third-order valence-corrected chi connectivity index (χ3v) is 4.81. The average molecular weight is 342 g/mol. The lowest BCUT2D eigenvalue weighted by Crippen LogP contribution is -2.41. The van der Waals surface area contributed by atoms with Gasteiger partial charge in [-0.3, -0.25) is 0 Å². The van der Waals surface area contributed by atoms with Crippen molar-refractivity contribution in [2.24, 2.45) is 0 Å². The molecule has 2 atom stereocenters. The van der Waals surface area contributed by atoms with Gasteiger partial charge in [-0.2, -0.15) is 4.98 Å². The molecule has 1 N–H and O–H groups in total. The number of likely N-dealkylation sites (tertiary alicyclic amines) is 1. The number of urea groups is 1. The monoisotopic (exact) mass is 342 g/mol. The van der Waals surface area contributed by atoms with E-state index in [1.807, 2.05) is 35.2 Å². The fourth-order valence-electron chi connectivity index (χ4n) is 3.37. The first kappa shape index (κ1) is 16.1. The molecule has 0 bridgehead atoms. The van der Waals surface area contributed by atoms with Gasteiger partial charge in [-0.15, -0.1) is 0 Å². The van der Waals surface area contributed by atoms with Gasteiger partial charge in [0.2, 0.25) is 0 Å². The maximum Gasteiger partial charge on any atom is 0.317 e. The zero-order valence-corrected chi connectivity index (χ0v) is 14.1.